The van der Waals surface area contributed by atoms with Crippen LogP contribution in [0.15, 0.2) is 48.6 Å². The number of rotatable bonds is 0. The van der Waals surface area contributed by atoms with Crippen molar-refractivity contribution in [3.8, 4) is 0 Å². The highest BCUT2D eigenvalue weighted by Gasteiger charge is 1.79. The molecule has 0 nitrogen and oxygen atoms in total. The summed E-state index contributed by atoms with van der Waals surface area (Å²) < 4.78 is 0. The van der Waals surface area contributed by atoms with Gasteiger partial charge in [0.15, 0.2) is 0 Å². The summed E-state index contributed by atoms with van der Waals surface area (Å²) in [6.45, 7) is 0. The summed E-state index contributed by atoms with van der Waals surface area (Å²) in [6.07, 6.45) is 20.5. The summed E-state index contributed by atoms with van der Waals surface area (Å²) in [5, 5.41) is 0. The average molecular weight is 146 g/mol. The molecular formula is C11H14. The molecule has 11 heavy (non-hydrogen) atoms. The standard InChI is InChI=1S/C11H14/c1-2-4-6-8-10-11-9-7-5-3-1/h1-8H,9-11H2/b3-1?,4-2?,7-5-,8-6+. The zero-order valence-corrected chi connectivity index (χ0v) is 6.74. The third-order valence-corrected chi connectivity index (χ3v) is 1.57. The highest BCUT2D eigenvalue weighted by atomic mass is 13.9. The normalized spacial score (nSPS) is 24.0. The van der Waals surface area contributed by atoms with Crippen LogP contribution in [-0.2, 0) is 0 Å². The maximum Gasteiger partial charge on any atom is -0.0345 e. The predicted octanol–water partition coefficient (Wildman–Crippen LogP) is 3.40. The van der Waals surface area contributed by atoms with Crippen LogP contribution in [0.1, 0.15) is 19.3 Å². The second kappa shape index (κ2) is 5.72. The van der Waals surface area contributed by atoms with Crippen molar-refractivity contribution >= 4 is 0 Å². The van der Waals surface area contributed by atoms with Gasteiger partial charge in [0.1, 0.15) is 0 Å². The molecule has 0 amide bonds. The van der Waals surface area contributed by atoms with Gasteiger partial charge in [0, 0.05) is 0 Å². The summed E-state index contributed by atoms with van der Waals surface area (Å²) in [6, 6.07) is 0. The lowest BCUT2D eigenvalue weighted by molar-refractivity contribution is 0.868. The Labute approximate surface area is 68.6 Å². The van der Waals surface area contributed by atoms with Crippen molar-refractivity contribution in [2.75, 3.05) is 0 Å². The van der Waals surface area contributed by atoms with Gasteiger partial charge in [-0.05, 0) is 19.3 Å². The fourth-order valence-corrected chi connectivity index (χ4v) is 0.960. The lowest BCUT2D eigenvalue weighted by Crippen LogP contribution is -1.67. The van der Waals surface area contributed by atoms with Crippen molar-refractivity contribution in [3.05, 3.63) is 48.6 Å². The van der Waals surface area contributed by atoms with E-state index in [9.17, 15) is 0 Å². The molecule has 0 saturated heterocycles. The number of hydrogen-bond donors (Lipinski definition) is 0. The third kappa shape index (κ3) is 4.38. The fraction of sp³-hybridized carbons (Fsp3) is 0.273. The van der Waals surface area contributed by atoms with Crippen LogP contribution < -0.4 is 0 Å². The smallest absolute Gasteiger partial charge is 0.0345 e. The van der Waals surface area contributed by atoms with E-state index in [-0.39, 0.29) is 0 Å². The Hall–Kier alpha value is -1.04. The van der Waals surface area contributed by atoms with Crippen molar-refractivity contribution in [2.24, 2.45) is 0 Å². The first-order valence-electron chi connectivity index (χ1n) is 4.15. The molecule has 0 heterocycles. The van der Waals surface area contributed by atoms with E-state index in [1.54, 1.807) is 0 Å². The largest absolute Gasteiger partial charge is 0.0845 e. The zero-order chi connectivity index (χ0) is 7.78. The van der Waals surface area contributed by atoms with Crippen LogP contribution in [-0.4, -0.2) is 0 Å². The van der Waals surface area contributed by atoms with E-state index in [1.807, 2.05) is 12.2 Å². The van der Waals surface area contributed by atoms with Gasteiger partial charge in [-0.3, -0.25) is 0 Å². The van der Waals surface area contributed by atoms with E-state index in [4.69, 9.17) is 0 Å². The van der Waals surface area contributed by atoms with Gasteiger partial charge in [0.2, 0.25) is 0 Å². The Balaban J connectivity index is 2.47. The van der Waals surface area contributed by atoms with Crippen LogP contribution in [0.25, 0.3) is 0 Å². The molecule has 0 atom stereocenters. The van der Waals surface area contributed by atoms with Crippen molar-refractivity contribution in [2.45, 2.75) is 19.3 Å². The van der Waals surface area contributed by atoms with Gasteiger partial charge in [0.05, 0.1) is 0 Å². The maximum atomic E-state index is 2.21. The molecule has 0 aromatic carbocycles. The molecule has 0 aliphatic heterocycles. The maximum absolute atomic E-state index is 2.21. The summed E-state index contributed by atoms with van der Waals surface area (Å²) in [7, 11) is 0. The average Bonchev–Trinajstić information content (AvgIpc) is 2.08. The van der Waals surface area contributed by atoms with Crippen molar-refractivity contribution in [3.63, 3.8) is 0 Å². The van der Waals surface area contributed by atoms with Crippen LogP contribution in [0.4, 0.5) is 0 Å². The van der Waals surface area contributed by atoms with Crippen molar-refractivity contribution in [1.82, 2.24) is 0 Å². The topological polar surface area (TPSA) is 0 Å². The molecule has 0 saturated carbocycles. The zero-order valence-electron chi connectivity index (χ0n) is 6.74. The SMILES string of the molecule is C1=C/C=C\CCC/C=C/C=C1. The Morgan fingerprint density at radius 1 is 0.545 bits per heavy atom. The molecule has 0 fully saturated rings. The van der Waals surface area contributed by atoms with E-state index in [0.717, 1.165) is 0 Å². The van der Waals surface area contributed by atoms with Crippen molar-refractivity contribution < 1.29 is 0 Å². The Bertz CT molecular complexity index is 170. The molecule has 1 aliphatic carbocycles. The Morgan fingerprint density at radius 2 is 1.00 bits per heavy atom. The second-order valence-electron chi connectivity index (χ2n) is 2.56. The Morgan fingerprint density at radius 3 is 1.55 bits per heavy atom. The summed E-state index contributed by atoms with van der Waals surface area (Å²) in [5.41, 5.74) is 0. The number of hydrogen-bond acceptors (Lipinski definition) is 0. The monoisotopic (exact) mass is 146 g/mol. The van der Waals surface area contributed by atoms with Crippen LogP contribution >= 0.6 is 0 Å². The molecule has 0 bridgehead atoms. The van der Waals surface area contributed by atoms with Gasteiger partial charge < -0.3 is 0 Å². The molecule has 0 spiro atoms. The first kappa shape index (κ1) is 8.06. The van der Waals surface area contributed by atoms with E-state index < -0.39 is 0 Å². The third-order valence-electron chi connectivity index (χ3n) is 1.57. The minimum atomic E-state index is 1.19. The minimum Gasteiger partial charge on any atom is -0.0845 e. The second-order valence-corrected chi connectivity index (χ2v) is 2.56. The van der Waals surface area contributed by atoms with Gasteiger partial charge in [-0.1, -0.05) is 48.6 Å². The summed E-state index contributed by atoms with van der Waals surface area (Å²) >= 11 is 0. The fourth-order valence-electron chi connectivity index (χ4n) is 0.960. The molecule has 0 N–H and O–H groups in total. The molecule has 1 rings (SSSR count). The van der Waals surface area contributed by atoms with Crippen molar-refractivity contribution in [1.29, 1.82) is 0 Å². The molecule has 1 aliphatic rings. The quantitative estimate of drug-likeness (QED) is 0.491. The highest BCUT2D eigenvalue weighted by molar-refractivity contribution is 5.15. The molecule has 0 radical (unpaired) electrons. The Kier molecular flexibility index (Phi) is 4.19. The van der Waals surface area contributed by atoms with E-state index in [0.29, 0.717) is 0 Å². The molecule has 0 aromatic rings. The molecule has 0 heteroatoms. The highest BCUT2D eigenvalue weighted by Crippen LogP contribution is 1.99. The number of allylic oxidation sites excluding steroid dienone is 8. The van der Waals surface area contributed by atoms with Gasteiger partial charge in [-0.15, -0.1) is 0 Å². The lowest BCUT2D eigenvalue weighted by atomic mass is 10.2. The molecule has 0 aromatic heterocycles. The molecular weight excluding hydrogens is 132 g/mol. The van der Waals surface area contributed by atoms with Gasteiger partial charge >= 0.3 is 0 Å². The van der Waals surface area contributed by atoms with E-state index >= 15 is 0 Å². The first-order chi connectivity index (χ1) is 5.50. The molecule has 58 valence electrons. The van der Waals surface area contributed by atoms with Gasteiger partial charge in [0.25, 0.3) is 0 Å². The van der Waals surface area contributed by atoms with E-state index in [2.05, 4.69) is 36.5 Å². The summed E-state index contributed by atoms with van der Waals surface area (Å²) in [4.78, 5) is 0. The van der Waals surface area contributed by atoms with Crippen LogP contribution in [0.5, 0.6) is 0 Å². The van der Waals surface area contributed by atoms with Crippen LogP contribution in [0.2, 0.25) is 0 Å². The van der Waals surface area contributed by atoms with Crippen LogP contribution in [0, 0.1) is 0 Å². The summed E-state index contributed by atoms with van der Waals surface area (Å²) in [5.74, 6) is 0. The first-order valence-corrected chi connectivity index (χ1v) is 4.15. The minimum absolute atomic E-state index is 1.19. The van der Waals surface area contributed by atoms with E-state index in [1.165, 1.54) is 19.3 Å². The molecule has 0 unspecified atom stereocenters. The predicted molar refractivity (Wildman–Crippen MR) is 50.4 cm³/mol. The van der Waals surface area contributed by atoms with Gasteiger partial charge in [-0.25, -0.2) is 0 Å². The lowest BCUT2D eigenvalue weighted by Gasteiger charge is -1.87. The van der Waals surface area contributed by atoms with Crippen LogP contribution in [0.3, 0.4) is 0 Å². The van der Waals surface area contributed by atoms with Gasteiger partial charge in [-0.2, -0.15) is 0 Å².